The van der Waals surface area contributed by atoms with Gasteiger partial charge in [0, 0.05) is 37.3 Å². The predicted molar refractivity (Wildman–Crippen MR) is 106 cm³/mol. The number of halogens is 1. The van der Waals surface area contributed by atoms with Crippen molar-refractivity contribution in [3.05, 3.63) is 47.4 Å². The van der Waals surface area contributed by atoms with Crippen LogP contribution in [0.3, 0.4) is 0 Å². The van der Waals surface area contributed by atoms with Gasteiger partial charge in [0.15, 0.2) is 5.76 Å². The minimum atomic E-state index is -0.470. The molecule has 0 atom stereocenters. The highest BCUT2D eigenvalue weighted by Crippen LogP contribution is 2.30. The Morgan fingerprint density at radius 2 is 1.81 bits per heavy atom. The molecule has 1 aromatic carbocycles. The maximum Gasteiger partial charge on any atom is 0.289 e. The molecule has 2 amide bonds. The first kappa shape index (κ1) is 19.3. The van der Waals surface area contributed by atoms with Gasteiger partial charge in [0.2, 0.25) is 5.91 Å². The van der Waals surface area contributed by atoms with Crippen LogP contribution in [0, 0.1) is 5.41 Å². The summed E-state index contributed by atoms with van der Waals surface area (Å²) in [6, 6.07) is 8.91. The molecular formula is C20H24ClN3O3. The molecule has 1 N–H and O–H groups in total. The molecule has 2 heterocycles. The first-order valence-corrected chi connectivity index (χ1v) is 9.32. The Labute approximate surface area is 164 Å². The molecule has 2 aromatic rings. The number of piperazine rings is 1. The molecule has 1 aliphatic heterocycles. The topological polar surface area (TPSA) is 65.8 Å². The van der Waals surface area contributed by atoms with Crippen molar-refractivity contribution >= 4 is 34.8 Å². The van der Waals surface area contributed by atoms with Crippen LogP contribution >= 0.6 is 11.6 Å². The standard InChI is InChI=1S/C20H24ClN3O3/c1-20(2,3)19(26)22-14-6-7-16(15(21)13-14)23-8-10-24(11-9-23)18(25)17-5-4-12-27-17/h4-7,12-13H,8-11H2,1-3H3,(H,22,26). The zero-order valence-corrected chi connectivity index (χ0v) is 16.5. The SMILES string of the molecule is CC(C)(C)C(=O)Nc1ccc(N2CCN(C(=O)c3ccco3)CC2)c(Cl)c1. The van der Waals surface area contributed by atoms with E-state index in [9.17, 15) is 9.59 Å². The Balaban J connectivity index is 1.63. The molecule has 7 heteroatoms. The zero-order chi connectivity index (χ0) is 19.6. The summed E-state index contributed by atoms with van der Waals surface area (Å²) in [6.07, 6.45) is 1.50. The van der Waals surface area contributed by atoms with Gasteiger partial charge in [0.05, 0.1) is 17.0 Å². The van der Waals surface area contributed by atoms with Gasteiger partial charge in [-0.05, 0) is 30.3 Å². The molecule has 3 rings (SSSR count). The first-order valence-electron chi connectivity index (χ1n) is 8.94. The number of benzene rings is 1. The Morgan fingerprint density at radius 1 is 1.11 bits per heavy atom. The smallest absolute Gasteiger partial charge is 0.289 e. The lowest BCUT2D eigenvalue weighted by Gasteiger charge is -2.36. The molecule has 0 spiro atoms. The van der Waals surface area contributed by atoms with Gasteiger partial charge in [-0.3, -0.25) is 9.59 Å². The van der Waals surface area contributed by atoms with Gasteiger partial charge in [-0.1, -0.05) is 32.4 Å². The number of nitrogens with one attached hydrogen (secondary N) is 1. The third-order valence-electron chi connectivity index (χ3n) is 4.53. The van der Waals surface area contributed by atoms with Crippen LogP contribution in [-0.4, -0.2) is 42.9 Å². The molecule has 0 saturated carbocycles. The summed E-state index contributed by atoms with van der Waals surface area (Å²) in [5, 5.41) is 3.46. The summed E-state index contributed by atoms with van der Waals surface area (Å²) in [5.41, 5.74) is 1.10. The number of amides is 2. The number of hydrogen-bond acceptors (Lipinski definition) is 4. The lowest BCUT2D eigenvalue weighted by molar-refractivity contribution is -0.123. The van der Waals surface area contributed by atoms with Gasteiger partial charge in [0.1, 0.15) is 0 Å². The minimum Gasteiger partial charge on any atom is -0.459 e. The molecule has 1 aliphatic rings. The minimum absolute atomic E-state index is 0.0589. The summed E-state index contributed by atoms with van der Waals surface area (Å²) in [6.45, 7) is 8.14. The average molecular weight is 390 g/mol. The molecule has 1 aromatic heterocycles. The monoisotopic (exact) mass is 389 g/mol. The van der Waals surface area contributed by atoms with Gasteiger partial charge < -0.3 is 19.5 Å². The predicted octanol–water partition coefficient (Wildman–Crippen LogP) is 3.88. The van der Waals surface area contributed by atoms with Crippen LogP contribution in [0.5, 0.6) is 0 Å². The molecule has 0 aliphatic carbocycles. The highest BCUT2D eigenvalue weighted by molar-refractivity contribution is 6.33. The van der Waals surface area contributed by atoms with Crippen molar-refractivity contribution in [2.24, 2.45) is 5.41 Å². The fourth-order valence-corrected chi connectivity index (χ4v) is 3.17. The Hall–Kier alpha value is -2.47. The van der Waals surface area contributed by atoms with E-state index < -0.39 is 5.41 Å². The number of anilines is 2. The van der Waals surface area contributed by atoms with E-state index in [2.05, 4.69) is 10.2 Å². The largest absolute Gasteiger partial charge is 0.459 e. The van der Waals surface area contributed by atoms with Crippen molar-refractivity contribution < 1.29 is 14.0 Å². The van der Waals surface area contributed by atoms with E-state index in [1.54, 1.807) is 23.1 Å². The van der Waals surface area contributed by atoms with E-state index in [4.69, 9.17) is 16.0 Å². The number of nitrogens with zero attached hydrogens (tertiary/aromatic N) is 2. The zero-order valence-electron chi connectivity index (χ0n) is 15.8. The normalized spacial score (nSPS) is 15.0. The van der Waals surface area contributed by atoms with Crippen molar-refractivity contribution in [3.8, 4) is 0 Å². The van der Waals surface area contributed by atoms with Crippen LogP contribution in [0.25, 0.3) is 0 Å². The van der Waals surface area contributed by atoms with Crippen molar-refractivity contribution in [1.82, 2.24) is 4.90 Å². The van der Waals surface area contributed by atoms with Gasteiger partial charge in [-0.2, -0.15) is 0 Å². The van der Waals surface area contributed by atoms with Crippen molar-refractivity contribution in [2.75, 3.05) is 36.4 Å². The maximum atomic E-state index is 12.3. The van der Waals surface area contributed by atoms with E-state index >= 15 is 0 Å². The second-order valence-corrected chi connectivity index (χ2v) is 8.03. The van der Waals surface area contributed by atoms with Crippen LogP contribution < -0.4 is 10.2 Å². The third-order valence-corrected chi connectivity index (χ3v) is 4.83. The summed E-state index contributed by atoms with van der Waals surface area (Å²) in [7, 11) is 0. The number of carbonyl (C=O) groups is 2. The van der Waals surface area contributed by atoms with E-state index in [1.165, 1.54) is 6.26 Å². The third kappa shape index (κ3) is 4.45. The summed E-state index contributed by atoms with van der Waals surface area (Å²) in [4.78, 5) is 28.4. The summed E-state index contributed by atoms with van der Waals surface area (Å²) >= 11 is 6.45. The molecule has 1 saturated heterocycles. The van der Waals surface area contributed by atoms with Gasteiger partial charge >= 0.3 is 0 Å². The van der Waals surface area contributed by atoms with E-state index in [-0.39, 0.29) is 11.8 Å². The molecule has 0 unspecified atom stereocenters. The fraction of sp³-hybridized carbons (Fsp3) is 0.400. The fourth-order valence-electron chi connectivity index (χ4n) is 2.87. The highest BCUT2D eigenvalue weighted by Gasteiger charge is 2.25. The number of rotatable bonds is 3. The van der Waals surface area contributed by atoms with Crippen LogP contribution in [-0.2, 0) is 4.79 Å². The second-order valence-electron chi connectivity index (χ2n) is 7.63. The van der Waals surface area contributed by atoms with Crippen LogP contribution in [0.1, 0.15) is 31.3 Å². The lowest BCUT2D eigenvalue weighted by atomic mass is 9.95. The Kier molecular flexibility index (Phi) is 5.46. The summed E-state index contributed by atoms with van der Waals surface area (Å²) < 4.78 is 5.19. The Bertz CT molecular complexity index is 819. The van der Waals surface area contributed by atoms with Crippen molar-refractivity contribution in [3.63, 3.8) is 0 Å². The quantitative estimate of drug-likeness (QED) is 0.865. The highest BCUT2D eigenvalue weighted by atomic mass is 35.5. The molecule has 144 valence electrons. The molecular weight excluding hydrogens is 366 g/mol. The van der Waals surface area contributed by atoms with E-state index in [0.717, 1.165) is 5.69 Å². The average Bonchev–Trinajstić information content (AvgIpc) is 3.15. The Morgan fingerprint density at radius 3 is 2.37 bits per heavy atom. The first-order chi connectivity index (χ1) is 12.8. The number of hydrogen-bond donors (Lipinski definition) is 1. The van der Waals surface area contributed by atoms with Crippen LogP contribution in [0.2, 0.25) is 5.02 Å². The van der Waals surface area contributed by atoms with Gasteiger partial charge in [0.25, 0.3) is 5.91 Å². The van der Waals surface area contributed by atoms with Gasteiger partial charge in [-0.15, -0.1) is 0 Å². The van der Waals surface area contributed by atoms with Crippen LogP contribution in [0.15, 0.2) is 41.0 Å². The molecule has 27 heavy (non-hydrogen) atoms. The summed E-state index contributed by atoms with van der Waals surface area (Å²) in [5.74, 6) is 0.211. The number of furan rings is 1. The molecule has 6 nitrogen and oxygen atoms in total. The van der Waals surface area contributed by atoms with Crippen molar-refractivity contribution in [1.29, 1.82) is 0 Å². The van der Waals surface area contributed by atoms with Gasteiger partial charge in [-0.25, -0.2) is 0 Å². The van der Waals surface area contributed by atoms with Crippen molar-refractivity contribution in [2.45, 2.75) is 20.8 Å². The molecule has 0 radical (unpaired) electrons. The molecule has 0 bridgehead atoms. The number of carbonyl (C=O) groups excluding carboxylic acids is 2. The second kappa shape index (κ2) is 7.64. The van der Waals surface area contributed by atoms with E-state index in [1.807, 2.05) is 32.9 Å². The maximum absolute atomic E-state index is 12.3. The van der Waals surface area contributed by atoms with E-state index in [0.29, 0.717) is 42.6 Å². The van der Waals surface area contributed by atoms with Crippen LogP contribution in [0.4, 0.5) is 11.4 Å². The molecule has 1 fully saturated rings. The lowest BCUT2D eigenvalue weighted by Crippen LogP contribution is -2.48.